The van der Waals surface area contributed by atoms with E-state index >= 15 is 0 Å². The second-order valence-electron chi connectivity index (χ2n) is 4.98. The Labute approximate surface area is 109 Å². The molecule has 2 N–H and O–H groups in total. The van der Waals surface area contributed by atoms with E-state index < -0.39 is 0 Å². The van der Waals surface area contributed by atoms with Gasteiger partial charge in [-0.05, 0) is 31.2 Å². The van der Waals surface area contributed by atoms with E-state index in [-0.39, 0.29) is 18.6 Å². The zero-order chi connectivity index (χ0) is 13.4. The zero-order valence-corrected chi connectivity index (χ0v) is 11.2. The maximum absolute atomic E-state index is 11.6. The molecule has 3 heteroatoms. The Hall–Kier alpha value is -1.35. The number of benzene rings is 1. The molecule has 0 saturated carbocycles. The molecule has 0 aliphatic carbocycles. The zero-order valence-electron chi connectivity index (χ0n) is 11.2. The van der Waals surface area contributed by atoms with E-state index in [1.54, 1.807) is 6.92 Å². The van der Waals surface area contributed by atoms with Crippen LogP contribution in [0, 0.1) is 5.92 Å². The molecule has 0 aliphatic rings. The van der Waals surface area contributed by atoms with Crippen LogP contribution in [0.2, 0.25) is 0 Å². The number of aliphatic hydroxyl groups excluding tert-OH is 1. The molecular formula is C15H23NO2. The largest absolute Gasteiger partial charge is 0.394 e. The van der Waals surface area contributed by atoms with E-state index in [0.717, 1.165) is 12.8 Å². The third-order valence-electron chi connectivity index (χ3n) is 2.98. The topological polar surface area (TPSA) is 49.3 Å². The van der Waals surface area contributed by atoms with Gasteiger partial charge >= 0.3 is 0 Å². The molecule has 0 aromatic heterocycles. The molecule has 0 radical (unpaired) electrons. The Bertz CT molecular complexity index is 351. The summed E-state index contributed by atoms with van der Waals surface area (Å²) in [7, 11) is 0. The van der Waals surface area contributed by atoms with Crippen LogP contribution in [0.1, 0.15) is 32.3 Å². The summed E-state index contributed by atoms with van der Waals surface area (Å²) in [5.74, 6) is 0.383. The normalized spacial score (nSPS) is 13.9. The first-order valence-corrected chi connectivity index (χ1v) is 6.56. The van der Waals surface area contributed by atoms with E-state index in [9.17, 15) is 4.79 Å². The molecule has 3 nitrogen and oxygen atoms in total. The van der Waals surface area contributed by atoms with Crippen LogP contribution in [-0.2, 0) is 11.2 Å². The summed E-state index contributed by atoms with van der Waals surface area (Å²) >= 11 is 0. The third-order valence-corrected chi connectivity index (χ3v) is 2.98. The summed E-state index contributed by atoms with van der Waals surface area (Å²) < 4.78 is 0. The fraction of sp³-hybridized carbons (Fsp3) is 0.533. The molecule has 0 fully saturated rings. The van der Waals surface area contributed by atoms with Crippen molar-refractivity contribution in [2.75, 3.05) is 6.61 Å². The molecular weight excluding hydrogens is 226 g/mol. The molecule has 1 aromatic carbocycles. The molecule has 0 bridgehead atoms. The van der Waals surface area contributed by atoms with Crippen molar-refractivity contribution in [3.8, 4) is 0 Å². The number of carbonyl (C=O) groups is 1. The summed E-state index contributed by atoms with van der Waals surface area (Å²) in [6.45, 7) is 3.88. The monoisotopic (exact) mass is 249 g/mol. The maximum atomic E-state index is 11.6. The SMILES string of the molecule is CC(CCc1ccccc1)CC(=O)NC(C)CO. The summed E-state index contributed by atoms with van der Waals surface area (Å²) in [5.41, 5.74) is 1.31. The van der Waals surface area contributed by atoms with Gasteiger partial charge in [0.15, 0.2) is 0 Å². The van der Waals surface area contributed by atoms with Gasteiger partial charge in [-0.1, -0.05) is 37.3 Å². The second-order valence-corrected chi connectivity index (χ2v) is 4.98. The minimum Gasteiger partial charge on any atom is -0.394 e. The Morgan fingerprint density at radius 3 is 2.56 bits per heavy atom. The van der Waals surface area contributed by atoms with Crippen LogP contribution in [0.25, 0.3) is 0 Å². The number of hydrogen-bond donors (Lipinski definition) is 2. The van der Waals surface area contributed by atoms with Crippen LogP contribution < -0.4 is 5.32 Å². The number of aryl methyl sites for hydroxylation is 1. The summed E-state index contributed by atoms with van der Waals surface area (Å²) in [6, 6.07) is 10.2. The predicted molar refractivity (Wildman–Crippen MR) is 73.2 cm³/mol. The van der Waals surface area contributed by atoms with Crippen LogP contribution in [0.15, 0.2) is 30.3 Å². The number of aliphatic hydroxyl groups is 1. The highest BCUT2D eigenvalue weighted by Crippen LogP contribution is 2.12. The molecule has 100 valence electrons. The lowest BCUT2D eigenvalue weighted by Gasteiger charge is -2.14. The highest BCUT2D eigenvalue weighted by atomic mass is 16.3. The van der Waals surface area contributed by atoms with E-state index in [1.165, 1.54) is 5.56 Å². The number of rotatable bonds is 7. The van der Waals surface area contributed by atoms with Crippen molar-refractivity contribution in [1.82, 2.24) is 5.32 Å². The highest BCUT2D eigenvalue weighted by Gasteiger charge is 2.11. The molecule has 0 saturated heterocycles. The van der Waals surface area contributed by atoms with Gasteiger partial charge in [-0.15, -0.1) is 0 Å². The standard InChI is InChI=1S/C15H23NO2/c1-12(10-15(18)16-13(2)11-17)8-9-14-6-4-3-5-7-14/h3-7,12-13,17H,8-11H2,1-2H3,(H,16,18). The van der Waals surface area contributed by atoms with Crippen molar-refractivity contribution in [2.24, 2.45) is 5.92 Å². The van der Waals surface area contributed by atoms with Gasteiger partial charge in [-0.3, -0.25) is 4.79 Å². The predicted octanol–water partition coefficient (Wildman–Crippen LogP) is 2.14. The van der Waals surface area contributed by atoms with Crippen molar-refractivity contribution < 1.29 is 9.90 Å². The van der Waals surface area contributed by atoms with Crippen molar-refractivity contribution in [3.05, 3.63) is 35.9 Å². The Morgan fingerprint density at radius 1 is 1.28 bits per heavy atom. The molecule has 2 unspecified atom stereocenters. The lowest BCUT2D eigenvalue weighted by Crippen LogP contribution is -2.35. The number of carbonyl (C=O) groups excluding carboxylic acids is 1. The van der Waals surface area contributed by atoms with Gasteiger partial charge < -0.3 is 10.4 Å². The number of amides is 1. The van der Waals surface area contributed by atoms with Crippen LogP contribution in [0.5, 0.6) is 0 Å². The van der Waals surface area contributed by atoms with Gasteiger partial charge in [0.1, 0.15) is 0 Å². The smallest absolute Gasteiger partial charge is 0.220 e. The molecule has 1 rings (SSSR count). The highest BCUT2D eigenvalue weighted by molar-refractivity contribution is 5.76. The lowest BCUT2D eigenvalue weighted by molar-refractivity contribution is -0.122. The first kappa shape index (κ1) is 14.7. The van der Waals surface area contributed by atoms with Crippen molar-refractivity contribution >= 4 is 5.91 Å². The van der Waals surface area contributed by atoms with E-state index in [0.29, 0.717) is 12.3 Å². The van der Waals surface area contributed by atoms with Crippen molar-refractivity contribution in [2.45, 2.75) is 39.2 Å². The van der Waals surface area contributed by atoms with Gasteiger partial charge in [-0.25, -0.2) is 0 Å². The third kappa shape index (κ3) is 5.82. The molecule has 0 aliphatic heterocycles. The molecule has 0 spiro atoms. The quantitative estimate of drug-likeness (QED) is 0.778. The number of hydrogen-bond acceptors (Lipinski definition) is 2. The van der Waals surface area contributed by atoms with Crippen molar-refractivity contribution in [1.29, 1.82) is 0 Å². The fourth-order valence-electron chi connectivity index (χ4n) is 1.86. The van der Waals surface area contributed by atoms with Gasteiger partial charge in [0.05, 0.1) is 6.61 Å². The average Bonchev–Trinajstić information content (AvgIpc) is 2.37. The van der Waals surface area contributed by atoms with E-state index in [2.05, 4.69) is 24.4 Å². The molecule has 18 heavy (non-hydrogen) atoms. The molecule has 2 atom stereocenters. The molecule has 1 amide bonds. The van der Waals surface area contributed by atoms with Crippen LogP contribution in [-0.4, -0.2) is 23.7 Å². The van der Waals surface area contributed by atoms with Crippen LogP contribution in [0.4, 0.5) is 0 Å². The minimum absolute atomic E-state index is 0.00979. The van der Waals surface area contributed by atoms with Gasteiger partial charge in [-0.2, -0.15) is 0 Å². The first-order valence-electron chi connectivity index (χ1n) is 6.56. The first-order chi connectivity index (χ1) is 8.61. The molecule has 1 aromatic rings. The average molecular weight is 249 g/mol. The van der Waals surface area contributed by atoms with Crippen molar-refractivity contribution in [3.63, 3.8) is 0 Å². The van der Waals surface area contributed by atoms with E-state index in [1.807, 2.05) is 18.2 Å². The van der Waals surface area contributed by atoms with E-state index in [4.69, 9.17) is 5.11 Å². The number of nitrogens with one attached hydrogen (secondary N) is 1. The Balaban J connectivity index is 2.25. The summed E-state index contributed by atoms with van der Waals surface area (Å²) in [5, 5.41) is 11.6. The second kappa shape index (κ2) is 7.88. The maximum Gasteiger partial charge on any atom is 0.220 e. The van der Waals surface area contributed by atoms with Crippen LogP contribution >= 0.6 is 0 Å². The van der Waals surface area contributed by atoms with Crippen LogP contribution in [0.3, 0.4) is 0 Å². The summed E-state index contributed by atoms with van der Waals surface area (Å²) in [6.07, 6.45) is 2.53. The van der Waals surface area contributed by atoms with Gasteiger partial charge in [0.2, 0.25) is 5.91 Å². The Morgan fingerprint density at radius 2 is 1.94 bits per heavy atom. The summed E-state index contributed by atoms with van der Waals surface area (Å²) in [4.78, 5) is 11.6. The molecule has 0 heterocycles. The minimum atomic E-state index is -0.154. The van der Waals surface area contributed by atoms with Gasteiger partial charge in [0, 0.05) is 12.5 Å². The Kier molecular flexibility index (Phi) is 6.44. The van der Waals surface area contributed by atoms with Gasteiger partial charge in [0.25, 0.3) is 0 Å². The lowest BCUT2D eigenvalue weighted by atomic mass is 9.98. The fourth-order valence-corrected chi connectivity index (χ4v) is 1.86.